The number of rotatable bonds is 5. The molecule has 3 aromatic heterocycles. The van der Waals surface area contributed by atoms with Crippen molar-refractivity contribution in [1.82, 2.24) is 25.2 Å². The standard InChI is InChI=1S/C16H12N6O2S/c17-14(23)10-3-5-11(6-4-10)15-19-21-22(20-15)8-12-9-24-16(18-12)13-2-1-7-25-13/h1-7,9H,8H2,(H2,17,23). The van der Waals surface area contributed by atoms with Crippen LogP contribution >= 0.6 is 11.3 Å². The lowest BCUT2D eigenvalue weighted by Gasteiger charge is -1.97. The Balaban J connectivity index is 1.51. The summed E-state index contributed by atoms with van der Waals surface area (Å²) in [7, 11) is 0. The van der Waals surface area contributed by atoms with Gasteiger partial charge in [0, 0.05) is 11.1 Å². The number of nitrogens with zero attached hydrogens (tertiary/aromatic N) is 5. The number of benzene rings is 1. The smallest absolute Gasteiger partial charge is 0.248 e. The SMILES string of the molecule is NC(=O)c1ccc(-c2nnn(Cc3coc(-c4cccs4)n3)n2)cc1. The summed E-state index contributed by atoms with van der Waals surface area (Å²) in [6, 6.07) is 10.6. The van der Waals surface area contributed by atoms with Gasteiger partial charge < -0.3 is 10.2 Å². The molecule has 4 aromatic rings. The monoisotopic (exact) mass is 352 g/mol. The minimum absolute atomic E-state index is 0.348. The van der Waals surface area contributed by atoms with E-state index in [1.165, 1.54) is 4.80 Å². The zero-order valence-electron chi connectivity index (χ0n) is 12.9. The quantitative estimate of drug-likeness (QED) is 0.589. The van der Waals surface area contributed by atoms with Crippen molar-refractivity contribution in [3.63, 3.8) is 0 Å². The maximum absolute atomic E-state index is 11.1. The van der Waals surface area contributed by atoms with Gasteiger partial charge in [0.25, 0.3) is 0 Å². The first kappa shape index (κ1) is 15.2. The highest BCUT2D eigenvalue weighted by Gasteiger charge is 2.11. The van der Waals surface area contributed by atoms with E-state index < -0.39 is 5.91 Å². The molecule has 0 aliphatic carbocycles. The Morgan fingerprint density at radius 3 is 2.80 bits per heavy atom. The van der Waals surface area contributed by atoms with Gasteiger partial charge in [-0.15, -0.1) is 21.5 Å². The van der Waals surface area contributed by atoms with Gasteiger partial charge in [-0.05, 0) is 28.8 Å². The second-order valence-electron chi connectivity index (χ2n) is 5.21. The Kier molecular flexibility index (Phi) is 3.82. The fourth-order valence-electron chi connectivity index (χ4n) is 2.25. The molecule has 0 aliphatic rings. The zero-order valence-corrected chi connectivity index (χ0v) is 13.7. The van der Waals surface area contributed by atoms with E-state index in [0.29, 0.717) is 29.5 Å². The Labute approximate surface area is 145 Å². The summed E-state index contributed by atoms with van der Waals surface area (Å²) in [6.45, 7) is 0.348. The van der Waals surface area contributed by atoms with Gasteiger partial charge in [-0.1, -0.05) is 18.2 Å². The van der Waals surface area contributed by atoms with Crippen LogP contribution in [0.2, 0.25) is 0 Å². The number of aromatic nitrogens is 5. The van der Waals surface area contributed by atoms with Crippen LogP contribution in [0.4, 0.5) is 0 Å². The van der Waals surface area contributed by atoms with Crippen molar-refractivity contribution in [2.45, 2.75) is 6.54 Å². The molecule has 0 atom stereocenters. The molecular formula is C16H12N6O2S. The molecule has 0 bridgehead atoms. The number of tetrazole rings is 1. The second kappa shape index (κ2) is 6.29. The third kappa shape index (κ3) is 3.17. The molecule has 4 rings (SSSR count). The predicted molar refractivity (Wildman–Crippen MR) is 90.7 cm³/mol. The summed E-state index contributed by atoms with van der Waals surface area (Å²) < 4.78 is 5.47. The van der Waals surface area contributed by atoms with Crippen molar-refractivity contribution >= 4 is 17.2 Å². The van der Waals surface area contributed by atoms with Crippen LogP contribution in [0.1, 0.15) is 16.1 Å². The van der Waals surface area contributed by atoms with E-state index in [0.717, 1.165) is 10.4 Å². The van der Waals surface area contributed by atoms with Crippen molar-refractivity contribution in [2.24, 2.45) is 5.73 Å². The topological polar surface area (TPSA) is 113 Å². The van der Waals surface area contributed by atoms with Gasteiger partial charge in [0.15, 0.2) is 0 Å². The molecule has 9 heteroatoms. The number of hydrogen-bond donors (Lipinski definition) is 1. The van der Waals surface area contributed by atoms with Crippen molar-refractivity contribution in [3.8, 4) is 22.2 Å². The number of primary amides is 1. The van der Waals surface area contributed by atoms with Gasteiger partial charge in [0.2, 0.25) is 17.6 Å². The Morgan fingerprint density at radius 2 is 2.08 bits per heavy atom. The lowest BCUT2D eigenvalue weighted by atomic mass is 10.1. The van der Waals surface area contributed by atoms with Crippen LogP contribution < -0.4 is 5.73 Å². The highest BCUT2D eigenvalue weighted by molar-refractivity contribution is 7.13. The second-order valence-corrected chi connectivity index (χ2v) is 6.15. The van der Waals surface area contributed by atoms with Gasteiger partial charge in [0.1, 0.15) is 18.5 Å². The average Bonchev–Trinajstić information content (AvgIpc) is 3.37. The van der Waals surface area contributed by atoms with Gasteiger partial charge in [-0.2, -0.15) is 4.80 Å². The molecule has 0 spiro atoms. The highest BCUT2D eigenvalue weighted by atomic mass is 32.1. The third-order valence-corrected chi connectivity index (χ3v) is 4.33. The lowest BCUT2D eigenvalue weighted by Crippen LogP contribution is -2.10. The van der Waals surface area contributed by atoms with Gasteiger partial charge in [0.05, 0.1) is 4.88 Å². The number of nitrogens with two attached hydrogens (primary N) is 1. The van der Waals surface area contributed by atoms with E-state index in [1.807, 2.05) is 17.5 Å². The Bertz CT molecular complexity index is 1000. The first-order valence-electron chi connectivity index (χ1n) is 7.35. The fourth-order valence-corrected chi connectivity index (χ4v) is 2.90. The number of carbonyl (C=O) groups excluding carboxylic acids is 1. The van der Waals surface area contributed by atoms with Gasteiger partial charge in [-0.3, -0.25) is 4.79 Å². The molecular weight excluding hydrogens is 340 g/mol. The molecule has 1 aromatic carbocycles. The van der Waals surface area contributed by atoms with Gasteiger partial charge >= 0.3 is 0 Å². The van der Waals surface area contributed by atoms with Crippen molar-refractivity contribution in [2.75, 3.05) is 0 Å². The van der Waals surface area contributed by atoms with Crippen LogP contribution in [0.5, 0.6) is 0 Å². The normalized spacial score (nSPS) is 10.9. The van der Waals surface area contributed by atoms with Crippen LogP contribution in [0.25, 0.3) is 22.2 Å². The third-order valence-electron chi connectivity index (χ3n) is 3.47. The predicted octanol–water partition coefficient (Wildman–Crippen LogP) is 2.20. The van der Waals surface area contributed by atoms with Crippen molar-refractivity contribution in [3.05, 3.63) is 59.3 Å². The average molecular weight is 352 g/mol. The van der Waals surface area contributed by atoms with Crippen LogP contribution in [0.3, 0.4) is 0 Å². The molecule has 124 valence electrons. The Morgan fingerprint density at radius 1 is 1.24 bits per heavy atom. The molecule has 25 heavy (non-hydrogen) atoms. The van der Waals surface area contributed by atoms with Crippen molar-refractivity contribution < 1.29 is 9.21 Å². The van der Waals surface area contributed by atoms with E-state index >= 15 is 0 Å². The number of carbonyl (C=O) groups is 1. The van der Waals surface area contributed by atoms with E-state index in [9.17, 15) is 4.79 Å². The summed E-state index contributed by atoms with van der Waals surface area (Å²) >= 11 is 1.56. The van der Waals surface area contributed by atoms with Gasteiger partial charge in [-0.25, -0.2) is 4.98 Å². The maximum Gasteiger partial charge on any atom is 0.248 e. The number of thiophene rings is 1. The minimum atomic E-state index is -0.476. The molecule has 0 aliphatic heterocycles. The first-order chi connectivity index (χ1) is 12.2. The first-order valence-corrected chi connectivity index (χ1v) is 8.23. The van der Waals surface area contributed by atoms with Crippen LogP contribution in [0.15, 0.2) is 52.5 Å². The van der Waals surface area contributed by atoms with E-state index in [2.05, 4.69) is 20.4 Å². The summed E-state index contributed by atoms with van der Waals surface area (Å²) in [4.78, 5) is 17.9. The number of oxazole rings is 1. The van der Waals surface area contributed by atoms with Crippen LogP contribution in [-0.4, -0.2) is 31.1 Å². The molecule has 2 N–H and O–H groups in total. The summed E-state index contributed by atoms with van der Waals surface area (Å²) in [5.41, 5.74) is 7.11. The summed E-state index contributed by atoms with van der Waals surface area (Å²) in [5, 5.41) is 14.3. The maximum atomic E-state index is 11.1. The van der Waals surface area contributed by atoms with E-state index in [1.54, 1.807) is 41.9 Å². The molecule has 0 fully saturated rings. The molecule has 0 unspecified atom stereocenters. The summed E-state index contributed by atoms with van der Waals surface area (Å²) in [6.07, 6.45) is 1.58. The molecule has 1 amide bonds. The molecule has 8 nitrogen and oxygen atoms in total. The van der Waals surface area contributed by atoms with Crippen molar-refractivity contribution in [1.29, 1.82) is 0 Å². The minimum Gasteiger partial charge on any atom is -0.443 e. The molecule has 0 saturated carbocycles. The number of hydrogen-bond acceptors (Lipinski definition) is 7. The summed E-state index contributed by atoms with van der Waals surface area (Å²) in [5.74, 6) is 0.557. The molecule has 0 saturated heterocycles. The lowest BCUT2D eigenvalue weighted by molar-refractivity contribution is 0.100. The highest BCUT2D eigenvalue weighted by Crippen LogP contribution is 2.23. The molecule has 0 radical (unpaired) electrons. The van der Waals surface area contributed by atoms with E-state index in [-0.39, 0.29) is 0 Å². The van der Waals surface area contributed by atoms with E-state index in [4.69, 9.17) is 10.2 Å². The zero-order chi connectivity index (χ0) is 17.2. The largest absolute Gasteiger partial charge is 0.443 e. The fraction of sp³-hybridized carbons (Fsp3) is 0.0625. The van der Waals surface area contributed by atoms with Crippen LogP contribution in [-0.2, 0) is 6.54 Å². The van der Waals surface area contributed by atoms with Crippen LogP contribution in [0, 0.1) is 0 Å². The Hall–Kier alpha value is -3.33. The molecule has 3 heterocycles. The number of amides is 1.